The fourth-order valence-electron chi connectivity index (χ4n) is 1.45. The quantitative estimate of drug-likeness (QED) is 0.830. The number of ether oxygens (including phenoxy) is 1. The predicted molar refractivity (Wildman–Crippen MR) is 65.5 cm³/mol. The Morgan fingerprint density at radius 3 is 3.06 bits per heavy atom. The van der Waals surface area contributed by atoms with Crippen LogP contribution in [0.25, 0.3) is 11.3 Å². The Kier molecular flexibility index (Phi) is 4.36. The van der Waals surface area contributed by atoms with E-state index < -0.39 is 0 Å². The standard InChI is InChI=1S/C11H13BrN2O3/c1-15-5-3-13-6-9-10(17-7-14-9)8-2-4-16-11(8)12/h2,4,7,13H,3,5-6H2,1H3. The van der Waals surface area contributed by atoms with Crippen molar-refractivity contribution in [2.45, 2.75) is 6.54 Å². The zero-order valence-electron chi connectivity index (χ0n) is 9.40. The zero-order chi connectivity index (χ0) is 12.1. The van der Waals surface area contributed by atoms with E-state index in [0.717, 1.165) is 23.6 Å². The number of halogens is 1. The first kappa shape index (κ1) is 12.3. The number of hydrogen-bond acceptors (Lipinski definition) is 5. The molecule has 2 rings (SSSR count). The van der Waals surface area contributed by atoms with Gasteiger partial charge in [-0.3, -0.25) is 0 Å². The van der Waals surface area contributed by atoms with Gasteiger partial charge in [0.25, 0.3) is 0 Å². The van der Waals surface area contributed by atoms with Crippen molar-refractivity contribution in [1.29, 1.82) is 0 Å². The van der Waals surface area contributed by atoms with Crippen molar-refractivity contribution >= 4 is 15.9 Å². The van der Waals surface area contributed by atoms with E-state index in [1.165, 1.54) is 6.39 Å². The lowest BCUT2D eigenvalue weighted by atomic mass is 10.2. The molecule has 0 atom stereocenters. The molecule has 0 aromatic carbocycles. The molecular weight excluding hydrogens is 288 g/mol. The van der Waals surface area contributed by atoms with E-state index in [4.69, 9.17) is 13.6 Å². The Morgan fingerprint density at radius 1 is 1.47 bits per heavy atom. The van der Waals surface area contributed by atoms with Crippen molar-refractivity contribution in [2.24, 2.45) is 0 Å². The topological polar surface area (TPSA) is 60.4 Å². The molecule has 2 aromatic rings. The second-order valence-electron chi connectivity index (χ2n) is 3.41. The summed E-state index contributed by atoms with van der Waals surface area (Å²) < 4.78 is 16.1. The molecule has 0 unspecified atom stereocenters. The maximum absolute atomic E-state index is 5.37. The molecule has 0 radical (unpaired) electrons. The van der Waals surface area contributed by atoms with Crippen LogP contribution in [-0.2, 0) is 11.3 Å². The molecule has 0 aliphatic rings. The molecule has 17 heavy (non-hydrogen) atoms. The maximum Gasteiger partial charge on any atom is 0.181 e. The molecule has 0 aliphatic carbocycles. The molecule has 2 heterocycles. The highest BCUT2D eigenvalue weighted by atomic mass is 79.9. The normalized spacial score (nSPS) is 10.9. The second-order valence-corrected chi connectivity index (χ2v) is 4.13. The largest absolute Gasteiger partial charge is 0.457 e. The highest BCUT2D eigenvalue weighted by molar-refractivity contribution is 9.10. The molecule has 1 N–H and O–H groups in total. The molecule has 0 aliphatic heterocycles. The van der Waals surface area contributed by atoms with Crippen molar-refractivity contribution in [3.8, 4) is 11.3 Å². The van der Waals surface area contributed by atoms with Gasteiger partial charge in [0.15, 0.2) is 16.8 Å². The number of oxazole rings is 1. The Morgan fingerprint density at radius 2 is 2.35 bits per heavy atom. The average molecular weight is 301 g/mol. The van der Waals surface area contributed by atoms with Crippen LogP contribution < -0.4 is 5.32 Å². The van der Waals surface area contributed by atoms with Gasteiger partial charge in [0.05, 0.1) is 18.4 Å². The van der Waals surface area contributed by atoms with Gasteiger partial charge in [0.2, 0.25) is 0 Å². The summed E-state index contributed by atoms with van der Waals surface area (Å²) in [5.74, 6) is 0.718. The van der Waals surface area contributed by atoms with E-state index in [-0.39, 0.29) is 0 Å². The number of nitrogens with one attached hydrogen (secondary N) is 1. The second kappa shape index (κ2) is 6.00. The molecule has 0 amide bonds. The van der Waals surface area contributed by atoms with Gasteiger partial charge < -0.3 is 18.9 Å². The van der Waals surface area contributed by atoms with Crippen LogP contribution in [0.4, 0.5) is 0 Å². The van der Waals surface area contributed by atoms with Gasteiger partial charge in [-0.15, -0.1) is 0 Å². The van der Waals surface area contributed by atoms with Gasteiger partial charge in [-0.05, 0) is 22.0 Å². The predicted octanol–water partition coefficient (Wildman–Crippen LogP) is 2.43. The first-order chi connectivity index (χ1) is 8.33. The number of rotatable bonds is 6. The van der Waals surface area contributed by atoms with Gasteiger partial charge in [0.1, 0.15) is 5.69 Å². The number of methoxy groups -OCH3 is 1. The summed E-state index contributed by atoms with van der Waals surface area (Å²) in [6.45, 7) is 2.07. The van der Waals surface area contributed by atoms with E-state index in [1.54, 1.807) is 13.4 Å². The van der Waals surface area contributed by atoms with Gasteiger partial charge >= 0.3 is 0 Å². The fourth-order valence-corrected chi connectivity index (χ4v) is 1.87. The van der Waals surface area contributed by atoms with Gasteiger partial charge in [-0.2, -0.15) is 0 Å². The maximum atomic E-state index is 5.37. The van der Waals surface area contributed by atoms with Crippen LogP contribution in [0.3, 0.4) is 0 Å². The van der Waals surface area contributed by atoms with E-state index in [2.05, 4.69) is 26.2 Å². The highest BCUT2D eigenvalue weighted by Gasteiger charge is 2.15. The number of aromatic nitrogens is 1. The van der Waals surface area contributed by atoms with Crippen molar-refractivity contribution in [3.05, 3.63) is 29.1 Å². The third-order valence-corrected chi connectivity index (χ3v) is 2.89. The van der Waals surface area contributed by atoms with Crippen LogP contribution in [0, 0.1) is 0 Å². The number of hydrogen-bond donors (Lipinski definition) is 1. The van der Waals surface area contributed by atoms with E-state index in [9.17, 15) is 0 Å². The minimum Gasteiger partial charge on any atom is -0.457 e. The van der Waals surface area contributed by atoms with Gasteiger partial charge in [-0.25, -0.2) is 4.98 Å². The van der Waals surface area contributed by atoms with Crippen LogP contribution in [0.2, 0.25) is 0 Å². The number of nitrogens with zero attached hydrogens (tertiary/aromatic N) is 1. The van der Waals surface area contributed by atoms with Crippen LogP contribution in [0.15, 0.2) is 32.2 Å². The minimum atomic E-state index is 0.632. The van der Waals surface area contributed by atoms with Crippen molar-refractivity contribution in [2.75, 3.05) is 20.3 Å². The summed E-state index contributed by atoms with van der Waals surface area (Å²) in [4.78, 5) is 4.18. The fraction of sp³-hybridized carbons (Fsp3) is 0.364. The van der Waals surface area contributed by atoms with Crippen LogP contribution in [0.5, 0.6) is 0 Å². The first-order valence-electron chi connectivity index (χ1n) is 5.18. The SMILES string of the molecule is COCCNCc1ncoc1-c1ccoc1Br. The summed E-state index contributed by atoms with van der Waals surface area (Å²) in [7, 11) is 1.67. The Bertz CT molecular complexity index is 467. The molecule has 0 saturated carbocycles. The summed E-state index contributed by atoms with van der Waals surface area (Å²) in [5, 5.41) is 3.22. The summed E-state index contributed by atoms with van der Waals surface area (Å²) in [6, 6.07) is 1.84. The van der Waals surface area contributed by atoms with Crippen molar-refractivity contribution < 1.29 is 13.6 Å². The molecule has 0 fully saturated rings. The molecule has 2 aromatic heterocycles. The van der Waals surface area contributed by atoms with E-state index >= 15 is 0 Å². The molecule has 92 valence electrons. The molecule has 5 nitrogen and oxygen atoms in total. The van der Waals surface area contributed by atoms with E-state index in [1.807, 2.05) is 6.07 Å². The van der Waals surface area contributed by atoms with Crippen LogP contribution in [-0.4, -0.2) is 25.2 Å². The lowest BCUT2D eigenvalue weighted by molar-refractivity contribution is 0.199. The van der Waals surface area contributed by atoms with Gasteiger partial charge in [-0.1, -0.05) is 0 Å². The summed E-state index contributed by atoms with van der Waals surface area (Å²) >= 11 is 3.32. The van der Waals surface area contributed by atoms with Crippen molar-refractivity contribution in [3.63, 3.8) is 0 Å². The monoisotopic (exact) mass is 300 g/mol. The Hall–Kier alpha value is -1.11. The average Bonchev–Trinajstić information content (AvgIpc) is 2.93. The highest BCUT2D eigenvalue weighted by Crippen LogP contribution is 2.31. The van der Waals surface area contributed by atoms with Gasteiger partial charge in [0, 0.05) is 20.2 Å². The molecule has 0 spiro atoms. The number of furan rings is 1. The summed E-state index contributed by atoms with van der Waals surface area (Å²) in [5.41, 5.74) is 1.72. The molecule has 0 bridgehead atoms. The lowest BCUT2D eigenvalue weighted by Crippen LogP contribution is -2.19. The van der Waals surface area contributed by atoms with Crippen LogP contribution in [0.1, 0.15) is 5.69 Å². The molecule has 6 heteroatoms. The smallest absolute Gasteiger partial charge is 0.181 e. The zero-order valence-corrected chi connectivity index (χ0v) is 11.0. The lowest BCUT2D eigenvalue weighted by Gasteiger charge is -2.02. The van der Waals surface area contributed by atoms with E-state index in [0.29, 0.717) is 17.8 Å². The Labute approximate surface area is 107 Å². The van der Waals surface area contributed by atoms with Crippen molar-refractivity contribution in [1.82, 2.24) is 10.3 Å². The molecule has 0 saturated heterocycles. The van der Waals surface area contributed by atoms with Crippen LogP contribution >= 0.6 is 15.9 Å². The molecular formula is C11H13BrN2O3. The minimum absolute atomic E-state index is 0.632. The first-order valence-corrected chi connectivity index (χ1v) is 5.97. The Balaban J connectivity index is 2.05. The summed E-state index contributed by atoms with van der Waals surface area (Å²) in [6.07, 6.45) is 3.03. The third kappa shape index (κ3) is 2.96. The third-order valence-electron chi connectivity index (χ3n) is 2.28.